The van der Waals surface area contributed by atoms with Gasteiger partial charge in [-0.1, -0.05) is 0 Å². The molecule has 3 rings (SSSR count). The summed E-state index contributed by atoms with van der Waals surface area (Å²) in [5.74, 6) is 0.495. The monoisotopic (exact) mass is 349 g/mol. The molecule has 6 heteroatoms. The van der Waals surface area contributed by atoms with Gasteiger partial charge in [-0.2, -0.15) is 5.10 Å². The number of carbonyl (C=O) groups is 1. The van der Waals surface area contributed by atoms with Crippen LogP contribution in [0.1, 0.15) is 75.0 Å². The highest BCUT2D eigenvalue weighted by atomic mass is 16.5. The van der Waals surface area contributed by atoms with Gasteiger partial charge < -0.3 is 14.8 Å². The van der Waals surface area contributed by atoms with E-state index in [-0.39, 0.29) is 17.6 Å². The molecular formula is C19H31N3O3. The van der Waals surface area contributed by atoms with Crippen LogP contribution in [0.15, 0.2) is 6.07 Å². The molecule has 0 radical (unpaired) electrons. The van der Waals surface area contributed by atoms with Crippen molar-refractivity contribution < 1.29 is 14.3 Å². The lowest BCUT2D eigenvalue weighted by Crippen LogP contribution is -2.33. The van der Waals surface area contributed by atoms with E-state index in [2.05, 4.69) is 31.2 Å². The van der Waals surface area contributed by atoms with Gasteiger partial charge in [0.1, 0.15) is 5.69 Å². The first-order valence-electron chi connectivity index (χ1n) is 9.53. The van der Waals surface area contributed by atoms with E-state index in [0.29, 0.717) is 31.4 Å². The van der Waals surface area contributed by atoms with E-state index < -0.39 is 0 Å². The highest BCUT2D eigenvalue weighted by Crippen LogP contribution is 2.40. The Morgan fingerprint density at radius 2 is 2.20 bits per heavy atom. The first kappa shape index (κ1) is 18.4. The number of nitrogens with one attached hydrogen (secondary N) is 1. The minimum atomic E-state index is -0.204. The van der Waals surface area contributed by atoms with E-state index in [0.717, 1.165) is 31.6 Å². The van der Waals surface area contributed by atoms with Crippen LogP contribution in [0.4, 0.5) is 0 Å². The van der Waals surface area contributed by atoms with Crippen LogP contribution < -0.4 is 5.32 Å². The quantitative estimate of drug-likeness (QED) is 0.733. The van der Waals surface area contributed by atoms with Crippen molar-refractivity contribution in [3.05, 3.63) is 17.5 Å². The zero-order valence-electron chi connectivity index (χ0n) is 15.7. The van der Waals surface area contributed by atoms with Gasteiger partial charge in [0.15, 0.2) is 0 Å². The Balaban J connectivity index is 1.44. The van der Waals surface area contributed by atoms with Crippen LogP contribution in [-0.4, -0.2) is 48.2 Å². The van der Waals surface area contributed by atoms with Crippen LogP contribution in [0.3, 0.4) is 0 Å². The van der Waals surface area contributed by atoms with E-state index in [1.54, 1.807) is 0 Å². The van der Waals surface area contributed by atoms with Crippen LogP contribution in [0.5, 0.6) is 0 Å². The Morgan fingerprint density at radius 3 is 2.84 bits per heavy atom. The summed E-state index contributed by atoms with van der Waals surface area (Å²) < 4.78 is 13.0. The van der Waals surface area contributed by atoms with Gasteiger partial charge in [0.2, 0.25) is 0 Å². The van der Waals surface area contributed by atoms with Gasteiger partial charge in [-0.3, -0.25) is 9.48 Å². The third kappa shape index (κ3) is 5.05. The van der Waals surface area contributed by atoms with Crippen molar-refractivity contribution in [2.75, 3.05) is 26.4 Å². The Hall–Kier alpha value is -1.40. The lowest BCUT2D eigenvalue weighted by molar-refractivity contribution is 0.0166. The molecule has 1 aliphatic carbocycles. The summed E-state index contributed by atoms with van der Waals surface area (Å²) in [6.07, 6.45) is 5.66. The smallest absolute Gasteiger partial charge is 0.269 e. The van der Waals surface area contributed by atoms with Crippen molar-refractivity contribution in [3.63, 3.8) is 0 Å². The second kappa shape index (κ2) is 7.87. The average molecular weight is 349 g/mol. The van der Waals surface area contributed by atoms with Crippen molar-refractivity contribution in [3.8, 4) is 0 Å². The van der Waals surface area contributed by atoms with Crippen LogP contribution >= 0.6 is 0 Å². The molecule has 1 atom stereocenters. The maximum Gasteiger partial charge on any atom is 0.269 e. The summed E-state index contributed by atoms with van der Waals surface area (Å²) in [6.45, 7) is 9.00. The molecule has 2 heterocycles. The lowest BCUT2D eigenvalue weighted by atomic mass is 10.1. The minimum absolute atomic E-state index is 0.0477. The normalized spacial score (nSPS) is 20.8. The van der Waals surface area contributed by atoms with E-state index in [1.807, 2.05) is 10.7 Å². The maximum atomic E-state index is 12.6. The summed E-state index contributed by atoms with van der Waals surface area (Å²) in [6, 6.07) is 1.96. The number of nitrogens with zero attached hydrogens (tertiary/aromatic N) is 2. The van der Waals surface area contributed by atoms with Crippen LogP contribution in [-0.2, 0) is 15.0 Å². The summed E-state index contributed by atoms with van der Waals surface area (Å²) in [5, 5.41) is 7.69. The number of ether oxygens (including phenoxy) is 2. The second-order valence-electron chi connectivity index (χ2n) is 8.13. The molecule has 6 nitrogen and oxygen atoms in total. The number of aromatic nitrogens is 2. The molecule has 1 saturated carbocycles. The molecule has 1 aromatic rings. The van der Waals surface area contributed by atoms with Gasteiger partial charge in [0.05, 0.1) is 23.9 Å². The molecule has 2 fully saturated rings. The molecule has 0 bridgehead atoms. The molecule has 0 unspecified atom stereocenters. The standard InChI is InChI=1S/C19H31N3O3/c1-19(2,3)22-17(12-16(21-22)14-7-8-14)18(23)20-9-5-10-24-13-15-6-4-11-25-15/h12,14-15H,4-11,13H2,1-3H3,(H,20,23)/t15-/m0/s1. The number of hydrogen-bond acceptors (Lipinski definition) is 4. The molecular weight excluding hydrogens is 318 g/mol. The van der Waals surface area contributed by atoms with Gasteiger partial charge in [0, 0.05) is 25.7 Å². The first-order chi connectivity index (χ1) is 11.9. The zero-order valence-corrected chi connectivity index (χ0v) is 15.7. The fourth-order valence-corrected chi connectivity index (χ4v) is 3.11. The Morgan fingerprint density at radius 1 is 1.40 bits per heavy atom. The molecule has 0 spiro atoms. The summed E-state index contributed by atoms with van der Waals surface area (Å²) in [5.41, 5.74) is 1.51. The third-order valence-corrected chi connectivity index (χ3v) is 4.67. The Bertz CT molecular complexity index is 581. The van der Waals surface area contributed by atoms with Gasteiger partial charge in [-0.25, -0.2) is 0 Å². The molecule has 1 N–H and O–H groups in total. The van der Waals surface area contributed by atoms with Crippen molar-refractivity contribution in [2.45, 2.75) is 70.4 Å². The highest BCUT2D eigenvalue weighted by Gasteiger charge is 2.31. The number of carbonyl (C=O) groups excluding carboxylic acids is 1. The number of hydrogen-bond donors (Lipinski definition) is 1. The van der Waals surface area contributed by atoms with E-state index in [9.17, 15) is 4.79 Å². The molecule has 1 aromatic heterocycles. The molecule has 1 amide bonds. The van der Waals surface area contributed by atoms with Crippen LogP contribution in [0.2, 0.25) is 0 Å². The van der Waals surface area contributed by atoms with Crippen LogP contribution in [0.25, 0.3) is 0 Å². The Labute approximate surface area is 150 Å². The molecule has 140 valence electrons. The van der Waals surface area contributed by atoms with Gasteiger partial charge in [-0.05, 0) is 58.9 Å². The van der Waals surface area contributed by atoms with Gasteiger partial charge in [0.25, 0.3) is 5.91 Å². The maximum absolute atomic E-state index is 12.6. The van der Waals surface area contributed by atoms with Crippen LogP contribution in [0, 0.1) is 0 Å². The number of amides is 1. The average Bonchev–Trinajstić information content (AvgIpc) is 3.10. The SMILES string of the molecule is CC(C)(C)n1nc(C2CC2)cc1C(=O)NCCCOC[C@@H]1CCCO1. The Kier molecular flexibility index (Phi) is 5.79. The van der Waals surface area contributed by atoms with Crippen molar-refractivity contribution in [2.24, 2.45) is 0 Å². The molecule has 2 aliphatic rings. The van der Waals surface area contributed by atoms with E-state index in [4.69, 9.17) is 9.47 Å². The van der Waals surface area contributed by atoms with E-state index >= 15 is 0 Å². The summed E-state index contributed by atoms with van der Waals surface area (Å²) >= 11 is 0. The third-order valence-electron chi connectivity index (χ3n) is 4.67. The summed E-state index contributed by atoms with van der Waals surface area (Å²) in [4.78, 5) is 12.6. The van der Waals surface area contributed by atoms with Crippen molar-refractivity contribution in [1.82, 2.24) is 15.1 Å². The lowest BCUT2D eigenvalue weighted by Gasteiger charge is -2.22. The fourth-order valence-electron chi connectivity index (χ4n) is 3.11. The van der Waals surface area contributed by atoms with Crippen molar-refractivity contribution >= 4 is 5.91 Å². The molecule has 1 saturated heterocycles. The topological polar surface area (TPSA) is 65.4 Å². The first-order valence-corrected chi connectivity index (χ1v) is 9.53. The summed E-state index contributed by atoms with van der Waals surface area (Å²) in [7, 11) is 0. The van der Waals surface area contributed by atoms with Gasteiger partial charge in [-0.15, -0.1) is 0 Å². The predicted octanol–water partition coefficient (Wildman–Crippen LogP) is 2.83. The highest BCUT2D eigenvalue weighted by molar-refractivity contribution is 5.92. The van der Waals surface area contributed by atoms with Gasteiger partial charge >= 0.3 is 0 Å². The van der Waals surface area contributed by atoms with Crippen molar-refractivity contribution in [1.29, 1.82) is 0 Å². The number of rotatable bonds is 8. The minimum Gasteiger partial charge on any atom is -0.379 e. The largest absolute Gasteiger partial charge is 0.379 e. The zero-order chi connectivity index (χ0) is 17.9. The molecule has 1 aliphatic heterocycles. The molecule has 25 heavy (non-hydrogen) atoms. The fraction of sp³-hybridized carbons (Fsp3) is 0.789. The van der Waals surface area contributed by atoms with E-state index in [1.165, 1.54) is 12.8 Å². The molecule has 0 aromatic carbocycles. The predicted molar refractivity (Wildman–Crippen MR) is 95.9 cm³/mol. The second-order valence-corrected chi connectivity index (χ2v) is 8.13.